The number of alkyl halides is 3. The Kier molecular flexibility index (Phi) is 3.82. The van der Waals surface area contributed by atoms with E-state index in [1.165, 1.54) is 17.0 Å². The van der Waals surface area contributed by atoms with Crippen LogP contribution in [0.4, 0.5) is 13.2 Å². The Morgan fingerprint density at radius 3 is 2.25 bits per heavy atom. The zero-order valence-electron chi connectivity index (χ0n) is 11.4. The van der Waals surface area contributed by atoms with Gasteiger partial charge in [-0.25, -0.2) is 0 Å². The van der Waals surface area contributed by atoms with E-state index in [9.17, 15) is 13.2 Å². The minimum Gasteiger partial charge on any atom is -0.406 e. The van der Waals surface area contributed by atoms with Crippen LogP contribution in [0.3, 0.4) is 0 Å². The molecule has 0 N–H and O–H groups in total. The molecule has 0 amide bonds. The summed E-state index contributed by atoms with van der Waals surface area (Å²) in [6, 6.07) is 9.99. The molecule has 0 aliphatic heterocycles. The second kappa shape index (κ2) is 5.13. The molecule has 0 atom stereocenters. The summed E-state index contributed by atoms with van der Waals surface area (Å²) in [5, 5.41) is 0. The number of ether oxygens (including phenoxy) is 1. The monoisotopic (exact) mass is 300 g/mol. The zero-order chi connectivity index (χ0) is 15.0. The quantitative estimate of drug-likeness (QED) is 0.700. The van der Waals surface area contributed by atoms with Crippen molar-refractivity contribution >= 4 is 11.3 Å². The van der Waals surface area contributed by atoms with Crippen LogP contribution in [-0.4, -0.2) is 6.36 Å². The average molecular weight is 300 g/mol. The third kappa shape index (κ3) is 3.76. The topological polar surface area (TPSA) is 9.23 Å². The average Bonchev–Trinajstić information content (AvgIpc) is 2.75. The molecule has 0 radical (unpaired) electrons. The predicted octanol–water partition coefficient (Wildman–Crippen LogP) is 5.61. The summed E-state index contributed by atoms with van der Waals surface area (Å²) >= 11 is 1.58. The molecule has 5 heteroatoms. The molecule has 0 unspecified atom stereocenters. The molecule has 0 saturated heterocycles. The van der Waals surface area contributed by atoms with Crippen LogP contribution in [0.2, 0.25) is 0 Å². The molecule has 2 aromatic rings. The maximum atomic E-state index is 12.2. The normalized spacial score (nSPS) is 12.5. The molecule has 1 aromatic carbocycles. The first-order chi connectivity index (χ1) is 9.15. The second-order valence-electron chi connectivity index (χ2n) is 5.49. The van der Waals surface area contributed by atoms with E-state index < -0.39 is 6.36 Å². The van der Waals surface area contributed by atoms with Crippen LogP contribution in [0.15, 0.2) is 36.4 Å². The molecule has 0 aliphatic rings. The lowest BCUT2D eigenvalue weighted by molar-refractivity contribution is -0.274. The molecule has 0 aliphatic carbocycles. The molecule has 2 rings (SSSR count). The van der Waals surface area contributed by atoms with Crippen LogP contribution < -0.4 is 4.74 Å². The molecule has 1 nitrogen and oxygen atoms in total. The molecular weight excluding hydrogens is 285 g/mol. The van der Waals surface area contributed by atoms with Crippen molar-refractivity contribution in [2.75, 3.05) is 0 Å². The Labute approximate surface area is 120 Å². The number of halogens is 3. The van der Waals surface area contributed by atoms with E-state index in [-0.39, 0.29) is 11.2 Å². The van der Waals surface area contributed by atoms with Gasteiger partial charge in [0, 0.05) is 9.75 Å². The van der Waals surface area contributed by atoms with Gasteiger partial charge in [0.05, 0.1) is 0 Å². The lowest BCUT2D eigenvalue weighted by Crippen LogP contribution is -2.17. The highest BCUT2D eigenvalue weighted by Crippen LogP contribution is 2.36. The van der Waals surface area contributed by atoms with E-state index in [4.69, 9.17) is 0 Å². The predicted molar refractivity (Wildman–Crippen MR) is 75.1 cm³/mol. The molecule has 0 bridgehead atoms. The summed E-state index contributed by atoms with van der Waals surface area (Å²) in [6.45, 7) is 6.31. The maximum absolute atomic E-state index is 12.2. The van der Waals surface area contributed by atoms with E-state index in [1.54, 1.807) is 23.5 Å². The lowest BCUT2D eigenvalue weighted by atomic mass is 9.95. The van der Waals surface area contributed by atoms with Gasteiger partial charge < -0.3 is 4.74 Å². The summed E-state index contributed by atoms with van der Waals surface area (Å²) in [4.78, 5) is 2.12. The zero-order valence-corrected chi connectivity index (χ0v) is 12.2. The first-order valence-corrected chi connectivity index (χ1v) is 6.93. The van der Waals surface area contributed by atoms with Gasteiger partial charge in [-0.1, -0.05) is 32.9 Å². The summed E-state index contributed by atoms with van der Waals surface area (Å²) in [5.41, 5.74) is 0.760. The summed E-state index contributed by atoms with van der Waals surface area (Å²) in [6.07, 6.45) is -4.66. The van der Waals surface area contributed by atoms with Crippen LogP contribution in [0.25, 0.3) is 10.4 Å². The highest BCUT2D eigenvalue weighted by molar-refractivity contribution is 7.15. The molecule has 1 aromatic heterocycles. The fourth-order valence-electron chi connectivity index (χ4n) is 1.74. The molecule has 108 valence electrons. The van der Waals surface area contributed by atoms with Crippen molar-refractivity contribution in [2.45, 2.75) is 32.5 Å². The number of thiophene rings is 1. The van der Waals surface area contributed by atoms with Crippen LogP contribution in [0.5, 0.6) is 5.75 Å². The van der Waals surface area contributed by atoms with E-state index in [0.29, 0.717) is 0 Å². The fourth-order valence-corrected chi connectivity index (χ4v) is 2.80. The Balaban J connectivity index is 2.29. The number of rotatable bonds is 2. The van der Waals surface area contributed by atoms with Gasteiger partial charge in [-0.2, -0.15) is 0 Å². The Hall–Kier alpha value is -1.49. The molecule has 0 saturated carbocycles. The summed E-state index contributed by atoms with van der Waals surface area (Å²) in [7, 11) is 0. The largest absolute Gasteiger partial charge is 0.573 e. The van der Waals surface area contributed by atoms with Gasteiger partial charge in [-0.05, 0) is 35.2 Å². The fraction of sp³-hybridized carbons (Fsp3) is 0.333. The van der Waals surface area contributed by atoms with Crippen molar-refractivity contribution in [2.24, 2.45) is 0 Å². The highest BCUT2D eigenvalue weighted by atomic mass is 32.1. The smallest absolute Gasteiger partial charge is 0.406 e. The van der Waals surface area contributed by atoms with Crippen LogP contribution in [-0.2, 0) is 5.41 Å². The van der Waals surface area contributed by atoms with E-state index in [1.807, 2.05) is 12.1 Å². The molecule has 0 spiro atoms. The molecule has 0 fully saturated rings. The highest BCUT2D eigenvalue weighted by Gasteiger charge is 2.31. The van der Waals surface area contributed by atoms with Gasteiger partial charge in [0.1, 0.15) is 5.75 Å². The van der Waals surface area contributed by atoms with E-state index in [2.05, 4.69) is 25.5 Å². The van der Waals surface area contributed by atoms with Crippen molar-refractivity contribution in [1.29, 1.82) is 0 Å². The van der Waals surface area contributed by atoms with Gasteiger partial charge in [-0.3, -0.25) is 0 Å². The Bertz CT molecular complexity index is 594. The third-order valence-corrected chi connectivity index (χ3v) is 4.26. The standard InChI is InChI=1S/C15H15F3OS/c1-14(2,3)13-8-7-12(20-13)10-5-4-6-11(9-10)19-15(16,17)18/h4-9H,1-3H3. The van der Waals surface area contributed by atoms with Gasteiger partial charge in [-0.15, -0.1) is 24.5 Å². The summed E-state index contributed by atoms with van der Waals surface area (Å²) < 4.78 is 40.6. The van der Waals surface area contributed by atoms with Gasteiger partial charge >= 0.3 is 6.36 Å². The third-order valence-electron chi connectivity index (χ3n) is 2.70. The second-order valence-corrected chi connectivity index (χ2v) is 6.57. The lowest BCUT2D eigenvalue weighted by Gasteiger charge is -2.15. The van der Waals surface area contributed by atoms with Crippen molar-refractivity contribution in [3.63, 3.8) is 0 Å². The molecule has 1 heterocycles. The van der Waals surface area contributed by atoms with E-state index >= 15 is 0 Å². The minimum atomic E-state index is -4.66. The van der Waals surface area contributed by atoms with Crippen molar-refractivity contribution in [3.05, 3.63) is 41.3 Å². The Morgan fingerprint density at radius 1 is 1.00 bits per heavy atom. The van der Waals surface area contributed by atoms with Crippen molar-refractivity contribution in [1.82, 2.24) is 0 Å². The SMILES string of the molecule is CC(C)(C)c1ccc(-c2cccc(OC(F)(F)F)c2)s1. The first-order valence-electron chi connectivity index (χ1n) is 6.12. The van der Waals surface area contributed by atoms with E-state index in [0.717, 1.165) is 10.4 Å². The van der Waals surface area contributed by atoms with Crippen LogP contribution in [0, 0.1) is 0 Å². The maximum Gasteiger partial charge on any atom is 0.573 e. The number of benzene rings is 1. The van der Waals surface area contributed by atoms with Gasteiger partial charge in [0.25, 0.3) is 0 Å². The summed E-state index contributed by atoms with van der Waals surface area (Å²) in [5.74, 6) is -0.194. The van der Waals surface area contributed by atoms with Gasteiger partial charge in [0.15, 0.2) is 0 Å². The van der Waals surface area contributed by atoms with Gasteiger partial charge in [0.2, 0.25) is 0 Å². The van der Waals surface area contributed by atoms with Crippen LogP contribution in [0.1, 0.15) is 25.6 Å². The van der Waals surface area contributed by atoms with Crippen molar-refractivity contribution < 1.29 is 17.9 Å². The first kappa shape index (κ1) is 14.9. The van der Waals surface area contributed by atoms with Crippen LogP contribution >= 0.6 is 11.3 Å². The number of hydrogen-bond acceptors (Lipinski definition) is 2. The Morgan fingerprint density at radius 2 is 1.70 bits per heavy atom. The van der Waals surface area contributed by atoms with Crippen molar-refractivity contribution in [3.8, 4) is 16.2 Å². The molecular formula is C15H15F3OS. The minimum absolute atomic E-state index is 0.0308. The number of hydrogen-bond donors (Lipinski definition) is 0. The molecule has 20 heavy (non-hydrogen) atoms.